The number of hydrogen-bond acceptors (Lipinski definition) is 4. The van der Waals surface area contributed by atoms with Gasteiger partial charge in [0, 0.05) is 0 Å². The Morgan fingerprint density at radius 1 is 1.00 bits per heavy atom. The van der Waals surface area contributed by atoms with Crippen LogP contribution in [0.15, 0.2) is 47.6 Å². The van der Waals surface area contributed by atoms with Gasteiger partial charge in [0.05, 0.1) is 0 Å². The van der Waals surface area contributed by atoms with Crippen molar-refractivity contribution in [3.8, 4) is 0 Å². The molecule has 0 heterocycles. The van der Waals surface area contributed by atoms with Crippen LogP contribution in [-0.2, 0) is 34.9 Å². The minimum absolute atomic E-state index is 0. The molecule has 0 aromatic heterocycles. The fourth-order valence-electron chi connectivity index (χ4n) is 4.51. The Morgan fingerprint density at radius 3 is 2.19 bits per heavy atom. The van der Waals surface area contributed by atoms with Gasteiger partial charge in [0.2, 0.25) is 0 Å². The van der Waals surface area contributed by atoms with Crippen LogP contribution in [-0.4, -0.2) is 11.9 Å². The Hall–Kier alpha value is -1.10. The van der Waals surface area contributed by atoms with Crippen molar-refractivity contribution >= 4 is 11.9 Å². The Kier molecular flexibility index (Phi) is 7.51. The Balaban J connectivity index is 0.00000243. The fourth-order valence-corrected chi connectivity index (χ4v) is 7.64. The van der Waals surface area contributed by atoms with Gasteiger partial charge in [0.25, 0.3) is 0 Å². The molecular formula is C20H25ClO4Ti. The van der Waals surface area contributed by atoms with E-state index in [0.29, 0.717) is 5.92 Å². The minimum atomic E-state index is -2.89. The summed E-state index contributed by atoms with van der Waals surface area (Å²) < 4.78 is 11.3. The summed E-state index contributed by atoms with van der Waals surface area (Å²) in [6.45, 7) is 9.21. The van der Waals surface area contributed by atoms with Crippen LogP contribution >= 0.6 is 0 Å². The van der Waals surface area contributed by atoms with Gasteiger partial charge in [-0.2, -0.15) is 0 Å². The number of rotatable bonds is 5. The quantitative estimate of drug-likeness (QED) is 0.509. The van der Waals surface area contributed by atoms with E-state index >= 15 is 0 Å². The monoisotopic (exact) mass is 412 g/mol. The molecule has 3 rings (SSSR count). The van der Waals surface area contributed by atoms with E-state index in [9.17, 15) is 9.59 Å². The minimum Gasteiger partial charge on any atom is -1.00 e. The Morgan fingerprint density at radius 2 is 1.58 bits per heavy atom. The van der Waals surface area contributed by atoms with E-state index in [1.54, 1.807) is 11.1 Å². The summed E-state index contributed by atoms with van der Waals surface area (Å²) in [5.74, 6) is -0.603. The maximum absolute atomic E-state index is 11.8. The Labute approximate surface area is 168 Å². The van der Waals surface area contributed by atoms with Gasteiger partial charge in [-0.25, -0.2) is 0 Å². The zero-order valence-corrected chi connectivity index (χ0v) is 17.5. The molecule has 0 N–H and O–H groups in total. The number of allylic oxidation sites excluding steroid dienone is 4. The van der Waals surface area contributed by atoms with Crippen LogP contribution in [0, 0.1) is 5.92 Å². The second kappa shape index (κ2) is 9.21. The van der Waals surface area contributed by atoms with Gasteiger partial charge >= 0.3 is 156 Å². The summed E-state index contributed by atoms with van der Waals surface area (Å²) in [5, 5.41) is 0. The fraction of sp³-hybridized carbons (Fsp3) is 0.500. The molecule has 0 spiro atoms. The first-order chi connectivity index (χ1) is 12.1. The van der Waals surface area contributed by atoms with Crippen LogP contribution < -0.4 is 12.4 Å². The molecule has 0 saturated carbocycles. The second-order valence-corrected chi connectivity index (χ2v) is 9.60. The van der Waals surface area contributed by atoms with E-state index in [4.69, 9.17) is 6.64 Å². The largest absolute Gasteiger partial charge is 1.00 e. The van der Waals surface area contributed by atoms with Gasteiger partial charge in [-0.05, 0) is 0 Å². The summed E-state index contributed by atoms with van der Waals surface area (Å²) in [7, 11) is 0. The molecule has 0 saturated heterocycles. The van der Waals surface area contributed by atoms with Crippen molar-refractivity contribution < 1.29 is 47.3 Å². The third-order valence-electron chi connectivity index (χ3n) is 5.53. The summed E-state index contributed by atoms with van der Waals surface area (Å²) in [5.41, 5.74) is 6.00. The van der Waals surface area contributed by atoms with Crippen LogP contribution in [0.4, 0.5) is 0 Å². The van der Waals surface area contributed by atoms with Crippen LogP contribution in [0.5, 0.6) is 0 Å². The van der Waals surface area contributed by atoms with Crippen molar-refractivity contribution in [2.45, 2.75) is 56.1 Å². The van der Waals surface area contributed by atoms with Crippen molar-refractivity contribution in [3.63, 3.8) is 0 Å². The Bertz CT molecular complexity index is 657. The average molecular weight is 413 g/mol. The first-order valence-corrected chi connectivity index (χ1v) is 11.2. The molecule has 0 bridgehead atoms. The maximum Gasteiger partial charge on any atom is -1.00 e. The van der Waals surface area contributed by atoms with Gasteiger partial charge in [-0.1, -0.05) is 0 Å². The first kappa shape index (κ1) is 21.2. The normalized spacial score (nSPS) is 24.0. The predicted octanol–water partition coefficient (Wildman–Crippen LogP) is 1.69. The van der Waals surface area contributed by atoms with Gasteiger partial charge in [-0.15, -0.1) is 0 Å². The molecule has 140 valence electrons. The average Bonchev–Trinajstić information content (AvgIpc) is 2.94. The number of fused-ring (bicyclic) bond motifs is 1. The molecule has 3 aliphatic rings. The van der Waals surface area contributed by atoms with Crippen molar-refractivity contribution in [2.75, 3.05) is 0 Å². The number of carbonyl (C=O) groups excluding carboxylic acids is 2. The zero-order chi connectivity index (χ0) is 18.0. The molecule has 0 aromatic rings. The first-order valence-electron chi connectivity index (χ1n) is 9.07. The number of halogens is 1. The molecule has 6 heteroatoms. The molecule has 4 nitrogen and oxygen atoms in total. The topological polar surface area (TPSA) is 52.6 Å². The predicted molar refractivity (Wildman–Crippen MR) is 91.9 cm³/mol. The van der Waals surface area contributed by atoms with E-state index in [1.165, 1.54) is 36.8 Å². The van der Waals surface area contributed by atoms with Crippen molar-refractivity contribution in [1.82, 2.24) is 0 Å². The molecule has 2 atom stereocenters. The molecular weight excluding hydrogens is 388 g/mol. The number of carbonyl (C=O) groups is 2. The third-order valence-corrected chi connectivity index (χ3v) is 8.61. The molecule has 0 fully saturated rings. The SMILES string of the molecule is C=CC(=O)[O][Ti+]([O]C(=O)C=C)[CH]1CCCC2=C1C(C)C1=C2CCCC1.[Cl-]. The summed E-state index contributed by atoms with van der Waals surface area (Å²) in [6, 6.07) is 0. The van der Waals surface area contributed by atoms with E-state index in [2.05, 4.69) is 20.1 Å². The van der Waals surface area contributed by atoms with Crippen LogP contribution in [0.1, 0.15) is 51.9 Å². The summed E-state index contributed by atoms with van der Waals surface area (Å²) >= 11 is -2.89. The van der Waals surface area contributed by atoms with Gasteiger partial charge in [-0.3, -0.25) is 0 Å². The molecule has 0 radical (unpaired) electrons. The van der Waals surface area contributed by atoms with E-state index in [-0.39, 0.29) is 16.6 Å². The van der Waals surface area contributed by atoms with Crippen LogP contribution in [0.2, 0.25) is 4.22 Å². The second-order valence-electron chi connectivity index (χ2n) is 6.88. The summed E-state index contributed by atoms with van der Waals surface area (Å²) in [4.78, 5) is 23.6. The number of hydrogen-bond donors (Lipinski definition) is 0. The maximum atomic E-state index is 11.8. The van der Waals surface area contributed by atoms with Crippen LogP contribution in [0.25, 0.3) is 0 Å². The van der Waals surface area contributed by atoms with E-state index < -0.39 is 30.6 Å². The van der Waals surface area contributed by atoms with Crippen molar-refractivity contribution in [2.24, 2.45) is 5.92 Å². The zero-order valence-electron chi connectivity index (χ0n) is 15.2. The molecule has 0 aromatic carbocycles. The van der Waals surface area contributed by atoms with Gasteiger partial charge in [0.1, 0.15) is 0 Å². The van der Waals surface area contributed by atoms with E-state index in [0.717, 1.165) is 31.4 Å². The van der Waals surface area contributed by atoms with Gasteiger partial charge < -0.3 is 12.4 Å². The van der Waals surface area contributed by atoms with Crippen LogP contribution in [0.3, 0.4) is 0 Å². The molecule has 0 amide bonds. The molecule has 26 heavy (non-hydrogen) atoms. The molecule has 0 aliphatic heterocycles. The summed E-state index contributed by atoms with van der Waals surface area (Å²) in [6.07, 6.45) is 10.2. The van der Waals surface area contributed by atoms with Crippen molar-refractivity contribution in [1.29, 1.82) is 0 Å². The smallest absolute Gasteiger partial charge is 1.00 e. The third kappa shape index (κ3) is 4.08. The van der Waals surface area contributed by atoms with Gasteiger partial charge in [0.15, 0.2) is 0 Å². The molecule has 3 aliphatic carbocycles. The standard InChI is InChI=1S/C14H19.2C3H4O2.ClH.Ti/c1-10-11-6-2-4-8-13(11)14-9-5-3-7-12(10)14;2*1-2-3(4)5;;/h6,10H,2-5,7-9H2,1H3;2*2H,1H2,(H,4,5);1H;/q;;;;+3/p-3. The molecule has 2 unspecified atom stereocenters. The van der Waals surface area contributed by atoms with Crippen molar-refractivity contribution in [3.05, 3.63) is 47.6 Å². The van der Waals surface area contributed by atoms with E-state index in [1.807, 2.05) is 0 Å².